The molecule has 0 amide bonds. The summed E-state index contributed by atoms with van der Waals surface area (Å²) in [6.45, 7) is 4.67. The first-order valence-electron chi connectivity index (χ1n) is 6.85. The van der Waals surface area contributed by atoms with Gasteiger partial charge in [-0.1, -0.05) is 54.8 Å². The van der Waals surface area contributed by atoms with Gasteiger partial charge >= 0.3 is 0 Å². The summed E-state index contributed by atoms with van der Waals surface area (Å²) in [7, 11) is 0. The highest BCUT2D eigenvalue weighted by Gasteiger charge is 2.27. The van der Waals surface area contributed by atoms with Crippen LogP contribution >= 0.6 is 28.1 Å². The van der Waals surface area contributed by atoms with Gasteiger partial charge in [-0.3, -0.25) is 0 Å². The van der Waals surface area contributed by atoms with Gasteiger partial charge in [0.25, 0.3) is 0 Å². The zero-order valence-electron chi connectivity index (χ0n) is 11.4. The first-order valence-corrected chi connectivity index (χ1v) is 8.05. The molecule has 0 aliphatic heterocycles. The van der Waals surface area contributed by atoms with Crippen LogP contribution in [-0.4, -0.2) is 11.0 Å². The summed E-state index contributed by atoms with van der Waals surface area (Å²) in [5, 5.41) is 3.65. The maximum absolute atomic E-state index is 5.81. The number of anilines is 1. The van der Waals surface area contributed by atoms with E-state index in [-0.39, 0.29) is 0 Å². The number of benzene rings is 1. The molecule has 0 saturated heterocycles. The summed E-state index contributed by atoms with van der Waals surface area (Å²) in [5.41, 5.74) is 7.79. The number of hydrogen-bond donors (Lipinski definition) is 2. The Kier molecular flexibility index (Phi) is 4.85. The Bertz CT molecular complexity index is 475. The van der Waals surface area contributed by atoms with Gasteiger partial charge in [-0.05, 0) is 36.5 Å². The van der Waals surface area contributed by atoms with Gasteiger partial charge in [0, 0.05) is 21.8 Å². The van der Waals surface area contributed by atoms with Crippen LogP contribution in [0.4, 0.5) is 5.69 Å². The second-order valence-corrected chi connectivity index (χ2v) is 6.93. The molecule has 0 bridgehead atoms. The lowest BCUT2D eigenvalue weighted by Gasteiger charge is -2.35. The molecule has 4 heteroatoms. The molecule has 0 aromatic heterocycles. The molecule has 19 heavy (non-hydrogen) atoms. The first kappa shape index (κ1) is 14.8. The van der Waals surface area contributed by atoms with Gasteiger partial charge in [0.1, 0.15) is 4.99 Å². The van der Waals surface area contributed by atoms with Crippen molar-refractivity contribution >= 4 is 38.8 Å². The van der Waals surface area contributed by atoms with E-state index in [1.54, 1.807) is 0 Å². The molecule has 1 aromatic rings. The van der Waals surface area contributed by atoms with Crippen molar-refractivity contribution in [3.63, 3.8) is 0 Å². The van der Waals surface area contributed by atoms with Gasteiger partial charge in [-0.2, -0.15) is 0 Å². The average molecular weight is 341 g/mol. The van der Waals surface area contributed by atoms with Crippen LogP contribution in [0.3, 0.4) is 0 Å². The molecule has 1 saturated carbocycles. The second kappa shape index (κ2) is 6.23. The van der Waals surface area contributed by atoms with Crippen molar-refractivity contribution in [2.45, 2.75) is 39.2 Å². The van der Waals surface area contributed by atoms with Crippen LogP contribution in [0.1, 0.15) is 38.7 Å². The Labute approximate surface area is 129 Å². The van der Waals surface area contributed by atoms with Crippen molar-refractivity contribution in [2.75, 3.05) is 5.32 Å². The van der Waals surface area contributed by atoms with E-state index in [2.05, 4.69) is 41.2 Å². The zero-order chi connectivity index (χ0) is 14.0. The topological polar surface area (TPSA) is 38.0 Å². The maximum atomic E-state index is 5.81. The molecule has 2 rings (SSSR count). The van der Waals surface area contributed by atoms with Crippen molar-refractivity contribution in [1.82, 2.24) is 0 Å². The SMILES string of the molecule is CC1CCCC(Nc2cc(Br)ccc2C(N)=S)C1C. The summed E-state index contributed by atoms with van der Waals surface area (Å²) in [6, 6.07) is 6.53. The molecular weight excluding hydrogens is 320 g/mol. The summed E-state index contributed by atoms with van der Waals surface area (Å²) in [6.07, 6.45) is 3.84. The minimum absolute atomic E-state index is 0.450. The monoisotopic (exact) mass is 340 g/mol. The van der Waals surface area contributed by atoms with Gasteiger partial charge in [-0.25, -0.2) is 0 Å². The van der Waals surface area contributed by atoms with Gasteiger partial charge < -0.3 is 11.1 Å². The third-order valence-corrected chi connectivity index (χ3v) is 5.01. The molecule has 1 fully saturated rings. The first-order chi connectivity index (χ1) is 8.99. The van der Waals surface area contributed by atoms with Crippen LogP contribution in [-0.2, 0) is 0 Å². The van der Waals surface area contributed by atoms with Crippen molar-refractivity contribution < 1.29 is 0 Å². The zero-order valence-corrected chi connectivity index (χ0v) is 13.9. The molecule has 104 valence electrons. The molecule has 0 heterocycles. The Morgan fingerprint density at radius 3 is 2.79 bits per heavy atom. The highest BCUT2D eigenvalue weighted by Crippen LogP contribution is 2.33. The van der Waals surface area contributed by atoms with Gasteiger partial charge in [0.05, 0.1) is 0 Å². The summed E-state index contributed by atoms with van der Waals surface area (Å²) in [5.74, 6) is 1.44. The average Bonchev–Trinajstić information content (AvgIpc) is 2.35. The highest BCUT2D eigenvalue weighted by molar-refractivity contribution is 9.10. The summed E-state index contributed by atoms with van der Waals surface area (Å²) in [4.78, 5) is 0.450. The number of nitrogens with two attached hydrogens (primary N) is 1. The van der Waals surface area contributed by atoms with Crippen LogP contribution in [0.5, 0.6) is 0 Å². The molecule has 0 radical (unpaired) electrons. The van der Waals surface area contributed by atoms with Crippen molar-refractivity contribution in [1.29, 1.82) is 0 Å². The van der Waals surface area contributed by atoms with E-state index in [4.69, 9.17) is 18.0 Å². The quantitative estimate of drug-likeness (QED) is 0.804. The highest BCUT2D eigenvalue weighted by atomic mass is 79.9. The Morgan fingerprint density at radius 2 is 2.11 bits per heavy atom. The molecule has 1 aromatic carbocycles. The molecule has 1 aliphatic carbocycles. The molecule has 2 nitrogen and oxygen atoms in total. The predicted molar refractivity (Wildman–Crippen MR) is 89.6 cm³/mol. The number of thiocarbonyl (C=S) groups is 1. The van der Waals surface area contributed by atoms with E-state index in [1.165, 1.54) is 19.3 Å². The van der Waals surface area contributed by atoms with Crippen molar-refractivity contribution in [3.8, 4) is 0 Å². The van der Waals surface area contributed by atoms with Crippen LogP contribution in [0, 0.1) is 11.8 Å². The van der Waals surface area contributed by atoms with E-state index in [9.17, 15) is 0 Å². The van der Waals surface area contributed by atoms with E-state index in [0.717, 1.165) is 21.6 Å². The predicted octanol–water partition coefficient (Wildman–Crippen LogP) is 4.32. The van der Waals surface area contributed by atoms with Crippen LogP contribution in [0.2, 0.25) is 0 Å². The van der Waals surface area contributed by atoms with Crippen molar-refractivity contribution in [3.05, 3.63) is 28.2 Å². The third kappa shape index (κ3) is 3.48. The number of rotatable bonds is 3. The normalized spacial score (nSPS) is 27.0. The summed E-state index contributed by atoms with van der Waals surface area (Å²) < 4.78 is 1.05. The van der Waals surface area contributed by atoms with Crippen LogP contribution in [0.25, 0.3) is 0 Å². The molecule has 3 atom stereocenters. The summed E-state index contributed by atoms with van der Waals surface area (Å²) >= 11 is 8.65. The lowest BCUT2D eigenvalue weighted by Crippen LogP contribution is -2.35. The van der Waals surface area contributed by atoms with Gasteiger partial charge in [0.15, 0.2) is 0 Å². The number of halogens is 1. The fraction of sp³-hybridized carbons (Fsp3) is 0.533. The number of nitrogens with one attached hydrogen (secondary N) is 1. The Morgan fingerprint density at radius 1 is 1.37 bits per heavy atom. The van der Waals surface area contributed by atoms with Gasteiger partial charge in [0.2, 0.25) is 0 Å². The largest absolute Gasteiger partial charge is 0.389 e. The fourth-order valence-corrected chi connectivity index (χ4v) is 3.38. The molecule has 3 N–H and O–H groups in total. The van der Waals surface area contributed by atoms with E-state index in [1.807, 2.05) is 12.1 Å². The van der Waals surface area contributed by atoms with Crippen LogP contribution < -0.4 is 11.1 Å². The molecule has 3 unspecified atom stereocenters. The van der Waals surface area contributed by atoms with Crippen molar-refractivity contribution in [2.24, 2.45) is 17.6 Å². The lowest BCUT2D eigenvalue weighted by molar-refractivity contribution is 0.253. The fourth-order valence-electron chi connectivity index (χ4n) is 2.84. The standard InChI is InChI=1S/C15H21BrN2S/c1-9-4-3-5-13(10(9)2)18-14-8-11(16)6-7-12(14)15(17)19/h6-10,13,18H,3-5H2,1-2H3,(H2,17,19). The second-order valence-electron chi connectivity index (χ2n) is 5.57. The lowest BCUT2D eigenvalue weighted by atomic mass is 9.78. The van der Waals surface area contributed by atoms with E-state index in [0.29, 0.717) is 16.9 Å². The van der Waals surface area contributed by atoms with E-state index >= 15 is 0 Å². The molecule has 1 aliphatic rings. The maximum Gasteiger partial charge on any atom is 0.106 e. The van der Waals surface area contributed by atoms with Crippen LogP contribution in [0.15, 0.2) is 22.7 Å². The van der Waals surface area contributed by atoms with E-state index < -0.39 is 0 Å². The minimum Gasteiger partial charge on any atom is -0.389 e. The number of hydrogen-bond acceptors (Lipinski definition) is 2. The molecule has 0 spiro atoms. The Balaban J connectivity index is 2.22. The smallest absolute Gasteiger partial charge is 0.106 e. The Hall–Kier alpha value is -0.610. The minimum atomic E-state index is 0.450. The van der Waals surface area contributed by atoms with Gasteiger partial charge in [-0.15, -0.1) is 0 Å². The molecular formula is C15H21BrN2S. The third-order valence-electron chi connectivity index (χ3n) is 4.29.